The standard InChI is InChI=1S/C16H25N3O2/c1-18-15(7-8-17-18)16(20)19-9-10-21-14(12-19)11-13-5-3-2-4-6-13/h7-8,13-14H,2-6,9-12H2,1H3/t14-/m1/s1. The maximum atomic E-state index is 12.5. The lowest BCUT2D eigenvalue weighted by atomic mass is 9.85. The molecule has 116 valence electrons. The maximum absolute atomic E-state index is 12.5. The molecule has 2 aliphatic rings. The largest absolute Gasteiger partial charge is 0.375 e. The second-order valence-corrected chi connectivity index (χ2v) is 6.32. The van der Waals surface area contributed by atoms with Crippen LogP contribution in [0.4, 0.5) is 0 Å². The highest BCUT2D eigenvalue weighted by Gasteiger charge is 2.28. The fourth-order valence-corrected chi connectivity index (χ4v) is 3.59. The molecule has 1 saturated carbocycles. The highest BCUT2D eigenvalue weighted by atomic mass is 16.5. The van der Waals surface area contributed by atoms with Gasteiger partial charge in [-0.25, -0.2) is 0 Å². The fourth-order valence-electron chi connectivity index (χ4n) is 3.59. The molecule has 21 heavy (non-hydrogen) atoms. The number of aryl methyl sites for hydroxylation is 1. The summed E-state index contributed by atoms with van der Waals surface area (Å²) in [6.45, 7) is 2.06. The molecule has 1 atom stereocenters. The van der Waals surface area contributed by atoms with Crippen molar-refractivity contribution in [2.75, 3.05) is 19.7 Å². The number of hydrogen-bond donors (Lipinski definition) is 0. The molecule has 1 saturated heterocycles. The molecule has 0 radical (unpaired) electrons. The van der Waals surface area contributed by atoms with Gasteiger partial charge in [-0.3, -0.25) is 9.48 Å². The number of carbonyl (C=O) groups is 1. The first-order valence-electron chi connectivity index (χ1n) is 8.13. The Morgan fingerprint density at radius 2 is 2.19 bits per heavy atom. The van der Waals surface area contributed by atoms with E-state index in [1.54, 1.807) is 16.9 Å². The van der Waals surface area contributed by atoms with E-state index in [2.05, 4.69) is 5.10 Å². The van der Waals surface area contributed by atoms with Gasteiger partial charge in [0.1, 0.15) is 5.69 Å². The minimum absolute atomic E-state index is 0.0759. The quantitative estimate of drug-likeness (QED) is 0.858. The van der Waals surface area contributed by atoms with Gasteiger partial charge in [0.25, 0.3) is 5.91 Å². The van der Waals surface area contributed by atoms with E-state index >= 15 is 0 Å². The van der Waals surface area contributed by atoms with Crippen LogP contribution in [0, 0.1) is 5.92 Å². The third-order valence-electron chi connectivity index (χ3n) is 4.79. The lowest BCUT2D eigenvalue weighted by Gasteiger charge is -2.35. The normalized spacial score (nSPS) is 24.2. The average molecular weight is 291 g/mol. The number of aromatic nitrogens is 2. The van der Waals surface area contributed by atoms with E-state index in [1.165, 1.54) is 32.1 Å². The van der Waals surface area contributed by atoms with Crippen molar-refractivity contribution in [1.29, 1.82) is 0 Å². The monoisotopic (exact) mass is 291 g/mol. The van der Waals surface area contributed by atoms with E-state index < -0.39 is 0 Å². The van der Waals surface area contributed by atoms with E-state index in [4.69, 9.17) is 4.74 Å². The molecule has 0 unspecified atom stereocenters. The molecule has 3 rings (SSSR count). The number of rotatable bonds is 3. The van der Waals surface area contributed by atoms with Gasteiger partial charge in [0.15, 0.2) is 0 Å². The first-order valence-corrected chi connectivity index (χ1v) is 8.13. The summed E-state index contributed by atoms with van der Waals surface area (Å²) in [5.74, 6) is 0.863. The first-order chi connectivity index (χ1) is 10.2. The van der Waals surface area contributed by atoms with Gasteiger partial charge in [-0.2, -0.15) is 5.10 Å². The molecule has 0 aromatic carbocycles. The summed E-state index contributed by atoms with van der Waals surface area (Å²) in [6, 6.07) is 1.79. The number of carbonyl (C=O) groups excluding carboxylic acids is 1. The molecule has 5 heteroatoms. The van der Waals surface area contributed by atoms with E-state index in [1.807, 2.05) is 11.9 Å². The molecule has 1 amide bonds. The van der Waals surface area contributed by atoms with Crippen molar-refractivity contribution in [2.45, 2.75) is 44.6 Å². The fraction of sp³-hybridized carbons (Fsp3) is 0.750. The van der Waals surface area contributed by atoms with Crippen molar-refractivity contribution in [3.05, 3.63) is 18.0 Å². The van der Waals surface area contributed by atoms with Gasteiger partial charge in [-0.1, -0.05) is 32.1 Å². The van der Waals surface area contributed by atoms with Crippen LogP contribution in [-0.2, 0) is 11.8 Å². The zero-order valence-electron chi connectivity index (χ0n) is 12.8. The van der Waals surface area contributed by atoms with Crippen LogP contribution in [0.5, 0.6) is 0 Å². The van der Waals surface area contributed by atoms with E-state index in [0.717, 1.165) is 18.9 Å². The number of amides is 1. The van der Waals surface area contributed by atoms with Gasteiger partial charge in [-0.15, -0.1) is 0 Å². The Bertz CT molecular complexity index is 480. The minimum Gasteiger partial charge on any atom is -0.375 e. The molecule has 1 aromatic rings. The molecule has 1 aliphatic carbocycles. The average Bonchev–Trinajstić information content (AvgIpc) is 2.94. The van der Waals surface area contributed by atoms with Crippen LogP contribution in [0.25, 0.3) is 0 Å². The van der Waals surface area contributed by atoms with E-state index in [9.17, 15) is 4.79 Å². The summed E-state index contributed by atoms with van der Waals surface area (Å²) in [5.41, 5.74) is 0.660. The van der Waals surface area contributed by atoms with Crippen molar-refractivity contribution in [2.24, 2.45) is 13.0 Å². The number of ether oxygens (including phenoxy) is 1. The van der Waals surface area contributed by atoms with Gasteiger partial charge in [0.2, 0.25) is 0 Å². The predicted octanol–water partition coefficient (Wildman–Crippen LogP) is 2.23. The van der Waals surface area contributed by atoms with Crippen LogP contribution in [0.1, 0.15) is 49.0 Å². The molecule has 5 nitrogen and oxygen atoms in total. The Morgan fingerprint density at radius 3 is 2.90 bits per heavy atom. The van der Waals surface area contributed by atoms with Crippen LogP contribution < -0.4 is 0 Å². The van der Waals surface area contributed by atoms with Crippen molar-refractivity contribution in [1.82, 2.24) is 14.7 Å². The Balaban J connectivity index is 1.57. The summed E-state index contributed by atoms with van der Waals surface area (Å²) in [7, 11) is 1.81. The Morgan fingerprint density at radius 1 is 1.38 bits per heavy atom. The smallest absolute Gasteiger partial charge is 0.272 e. The van der Waals surface area contributed by atoms with Gasteiger partial charge >= 0.3 is 0 Å². The lowest BCUT2D eigenvalue weighted by Crippen LogP contribution is -2.46. The van der Waals surface area contributed by atoms with Crippen LogP contribution in [0.3, 0.4) is 0 Å². The van der Waals surface area contributed by atoms with Gasteiger partial charge in [0, 0.05) is 26.3 Å². The number of morpholine rings is 1. The topological polar surface area (TPSA) is 47.4 Å². The van der Waals surface area contributed by atoms with Crippen molar-refractivity contribution >= 4 is 5.91 Å². The highest BCUT2D eigenvalue weighted by molar-refractivity contribution is 5.92. The van der Waals surface area contributed by atoms with Gasteiger partial charge in [-0.05, 0) is 18.4 Å². The molecule has 0 bridgehead atoms. The molecule has 0 N–H and O–H groups in total. The molecule has 0 spiro atoms. The Kier molecular flexibility index (Phi) is 4.58. The zero-order chi connectivity index (χ0) is 14.7. The van der Waals surface area contributed by atoms with E-state index in [0.29, 0.717) is 18.8 Å². The predicted molar refractivity (Wildman–Crippen MR) is 80.0 cm³/mol. The molecule has 1 aromatic heterocycles. The first kappa shape index (κ1) is 14.6. The summed E-state index contributed by atoms with van der Waals surface area (Å²) >= 11 is 0. The van der Waals surface area contributed by atoms with Crippen LogP contribution in [0.15, 0.2) is 12.3 Å². The van der Waals surface area contributed by atoms with E-state index in [-0.39, 0.29) is 12.0 Å². The molecule has 1 aliphatic heterocycles. The number of hydrogen-bond acceptors (Lipinski definition) is 3. The minimum atomic E-state index is 0.0759. The zero-order valence-corrected chi connectivity index (χ0v) is 12.8. The van der Waals surface area contributed by atoms with Gasteiger partial charge < -0.3 is 9.64 Å². The van der Waals surface area contributed by atoms with Crippen LogP contribution in [-0.4, -0.2) is 46.4 Å². The second kappa shape index (κ2) is 6.60. The Labute approximate surface area is 126 Å². The molecule has 2 heterocycles. The second-order valence-electron chi connectivity index (χ2n) is 6.32. The van der Waals surface area contributed by atoms with Crippen molar-refractivity contribution in [3.63, 3.8) is 0 Å². The van der Waals surface area contributed by atoms with Crippen LogP contribution >= 0.6 is 0 Å². The summed E-state index contributed by atoms with van der Waals surface area (Å²) < 4.78 is 7.54. The van der Waals surface area contributed by atoms with Crippen molar-refractivity contribution in [3.8, 4) is 0 Å². The lowest BCUT2D eigenvalue weighted by molar-refractivity contribution is -0.0340. The molecule has 2 fully saturated rings. The summed E-state index contributed by atoms with van der Waals surface area (Å²) in [5, 5.41) is 4.08. The van der Waals surface area contributed by atoms with Crippen molar-refractivity contribution < 1.29 is 9.53 Å². The summed E-state index contributed by atoms with van der Waals surface area (Å²) in [4.78, 5) is 14.5. The van der Waals surface area contributed by atoms with Gasteiger partial charge in [0.05, 0.1) is 12.7 Å². The SMILES string of the molecule is Cn1nccc1C(=O)N1CCO[C@H](CC2CCCCC2)C1. The third-order valence-corrected chi connectivity index (χ3v) is 4.79. The third kappa shape index (κ3) is 3.46. The van der Waals surface area contributed by atoms with Crippen LogP contribution in [0.2, 0.25) is 0 Å². The Hall–Kier alpha value is -1.36. The maximum Gasteiger partial charge on any atom is 0.272 e. The number of nitrogens with zero attached hydrogens (tertiary/aromatic N) is 3. The highest BCUT2D eigenvalue weighted by Crippen LogP contribution is 2.29. The molecular weight excluding hydrogens is 266 g/mol. The summed E-state index contributed by atoms with van der Waals surface area (Å²) in [6.07, 6.45) is 9.74. The molecular formula is C16H25N3O2.